The van der Waals surface area contributed by atoms with Crippen molar-refractivity contribution in [1.29, 1.82) is 0 Å². The van der Waals surface area contributed by atoms with Crippen molar-refractivity contribution >= 4 is 28.7 Å². The van der Waals surface area contributed by atoms with E-state index in [9.17, 15) is 9.59 Å². The Morgan fingerprint density at radius 1 is 0.596 bits per heavy atom. The van der Waals surface area contributed by atoms with Crippen molar-refractivity contribution in [1.82, 2.24) is 19.4 Å². The largest absolute Gasteiger partial charge is 0.399 e. The molecule has 11 heteroatoms. The number of anilines is 3. The molecule has 0 aliphatic carbocycles. The van der Waals surface area contributed by atoms with Crippen LogP contribution in [0.3, 0.4) is 0 Å². The van der Waals surface area contributed by atoms with Crippen LogP contribution in [0.2, 0.25) is 5.02 Å². The van der Waals surface area contributed by atoms with Crippen LogP contribution < -0.4 is 22.2 Å². The predicted octanol–water partition coefficient (Wildman–Crippen LogP) is 10.0. The lowest BCUT2D eigenvalue weighted by Gasteiger charge is -2.13. The van der Waals surface area contributed by atoms with E-state index in [-0.39, 0.29) is 16.1 Å². The molecule has 3 N–H and O–H groups in total. The zero-order valence-electron chi connectivity index (χ0n) is 32.1. The molecule has 0 saturated heterocycles. The van der Waals surface area contributed by atoms with Gasteiger partial charge in [-0.3, -0.25) is 9.59 Å². The molecule has 57 heavy (non-hydrogen) atoms. The maximum Gasteiger partial charge on any atom is 0.274 e. The minimum absolute atomic E-state index is 0.0804. The van der Waals surface area contributed by atoms with Crippen molar-refractivity contribution in [3.8, 4) is 22.3 Å². The van der Waals surface area contributed by atoms with Gasteiger partial charge in [0.05, 0.1) is 24.5 Å². The highest BCUT2D eigenvalue weighted by atomic mass is 35.5. The van der Waals surface area contributed by atoms with E-state index in [4.69, 9.17) is 26.4 Å². The Kier molecular flexibility index (Phi) is 13.0. The molecule has 0 aliphatic heterocycles. The Balaban J connectivity index is 0.000000168. The van der Waals surface area contributed by atoms with E-state index >= 15 is 0 Å². The highest BCUT2D eigenvalue weighted by molar-refractivity contribution is 6.30. The monoisotopic (exact) mass is 778 g/mol. The molecule has 10 nitrogen and oxygen atoms in total. The minimum Gasteiger partial charge on any atom is -0.399 e. The summed E-state index contributed by atoms with van der Waals surface area (Å²) in [4.78, 5) is 25.4. The van der Waals surface area contributed by atoms with Gasteiger partial charge in [-0.15, -0.1) is 0 Å². The first-order chi connectivity index (χ1) is 27.6. The first-order valence-corrected chi connectivity index (χ1v) is 18.7. The van der Waals surface area contributed by atoms with E-state index in [1.807, 2.05) is 161 Å². The third-order valence-corrected chi connectivity index (χ3v) is 9.29. The fraction of sp³-hybridized carbons (Fsp3) is 0.130. The van der Waals surface area contributed by atoms with Crippen molar-refractivity contribution in [2.45, 2.75) is 40.8 Å². The summed E-state index contributed by atoms with van der Waals surface area (Å²) in [5.74, 6) is 1.44. The van der Waals surface area contributed by atoms with Gasteiger partial charge in [0.15, 0.2) is 0 Å². The number of hydrogen-bond donors (Lipinski definition) is 2. The minimum atomic E-state index is -0.207. The molecule has 8 aromatic rings. The second-order valence-corrected chi connectivity index (χ2v) is 13.8. The molecule has 0 radical (unpaired) electrons. The van der Waals surface area contributed by atoms with Crippen LogP contribution >= 0.6 is 11.6 Å². The van der Waals surface area contributed by atoms with Gasteiger partial charge >= 0.3 is 0 Å². The van der Waals surface area contributed by atoms with Gasteiger partial charge in [0, 0.05) is 46.0 Å². The molecule has 0 bridgehead atoms. The molecule has 0 atom stereocenters. The normalized spacial score (nSPS) is 10.5. The summed E-state index contributed by atoms with van der Waals surface area (Å²) < 4.78 is 13.9. The van der Waals surface area contributed by atoms with E-state index in [2.05, 4.69) is 15.6 Å². The van der Waals surface area contributed by atoms with Crippen LogP contribution in [0.1, 0.15) is 34.0 Å². The summed E-state index contributed by atoms with van der Waals surface area (Å²) in [6.45, 7) is 8.45. The molecular formula is C46H43ClN6O4. The molecule has 0 spiro atoms. The van der Waals surface area contributed by atoms with E-state index in [1.165, 1.54) is 0 Å². The molecule has 4 aromatic carbocycles. The van der Waals surface area contributed by atoms with Gasteiger partial charge < -0.3 is 29.2 Å². The number of para-hydroxylation sites is 2. The van der Waals surface area contributed by atoms with Gasteiger partial charge in [0.25, 0.3) is 11.1 Å². The van der Waals surface area contributed by atoms with Gasteiger partial charge in [-0.1, -0.05) is 119 Å². The summed E-state index contributed by atoms with van der Waals surface area (Å²) in [6, 6.07) is 42.4. The van der Waals surface area contributed by atoms with Crippen molar-refractivity contribution in [2.24, 2.45) is 0 Å². The summed E-state index contributed by atoms with van der Waals surface area (Å²) in [7, 11) is 0. The molecule has 8 rings (SSSR count). The fourth-order valence-electron chi connectivity index (χ4n) is 6.31. The number of benzene rings is 4. The van der Waals surface area contributed by atoms with Crippen LogP contribution in [0, 0.1) is 27.7 Å². The summed E-state index contributed by atoms with van der Waals surface area (Å²) in [5.41, 5.74) is 14.5. The maximum atomic E-state index is 13.1. The molecule has 0 saturated carbocycles. The van der Waals surface area contributed by atoms with Crippen LogP contribution in [0.5, 0.6) is 0 Å². The molecule has 4 aromatic heterocycles. The average Bonchev–Trinajstić information content (AvgIpc) is 3.74. The van der Waals surface area contributed by atoms with E-state index in [1.54, 1.807) is 21.4 Å². The van der Waals surface area contributed by atoms with E-state index < -0.39 is 0 Å². The molecule has 0 fully saturated rings. The van der Waals surface area contributed by atoms with E-state index in [0.717, 1.165) is 61.9 Å². The maximum absolute atomic E-state index is 13.1. The number of aryl methyl sites for hydroxylation is 4. The molecule has 4 heterocycles. The van der Waals surface area contributed by atoms with Crippen LogP contribution in [-0.2, 0) is 13.1 Å². The van der Waals surface area contributed by atoms with Gasteiger partial charge in [0.2, 0.25) is 0 Å². The standard InChI is InChI=1S/C23H21N3O2.C17H15ClN2O2.C6H7N/c1-16-22(17(2)28-25-16)19-13-21(24-20-11-7-4-8-12-20)23(27)26(15-19)14-18-9-5-3-6-10-18;1-11-16(12(2)22-19-11)14-8-15(18)17(21)20(10-14)9-13-6-4-3-5-7-13;7-6-4-2-1-3-5-6/h3-13,15,24H,14H2,1-2H3;3-8,10H,9H2,1-2H3;1-5H,7H2. The number of halogens is 1. The Morgan fingerprint density at radius 3 is 1.44 bits per heavy atom. The van der Waals surface area contributed by atoms with E-state index in [0.29, 0.717) is 24.5 Å². The number of nitrogens with two attached hydrogens (primary N) is 1. The Labute approximate surface area is 335 Å². The number of pyridine rings is 2. The van der Waals surface area contributed by atoms with Crippen LogP contribution in [0.25, 0.3) is 22.3 Å². The number of nitrogens with one attached hydrogen (secondary N) is 1. The second-order valence-electron chi connectivity index (χ2n) is 13.4. The molecular weight excluding hydrogens is 736 g/mol. The summed E-state index contributed by atoms with van der Waals surface area (Å²) in [6.07, 6.45) is 3.67. The highest BCUT2D eigenvalue weighted by Gasteiger charge is 2.17. The van der Waals surface area contributed by atoms with Crippen molar-refractivity contribution in [3.63, 3.8) is 0 Å². The van der Waals surface area contributed by atoms with Gasteiger partial charge in [-0.2, -0.15) is 0 Å². The fourth-order valence-corrected chi connectivity index (χ4v) is 6.54. The highest BCUT2D eigenvalue weighted by Crippen LogP contribution is 2.29. The van der Waals surface area contributed by atoms with Crippen LogP contribution in [0.4, 0.5) is 17.1 Å². The molecule has 288 valence electrons. The van der Waals surface area contributed by atoms with Crippen molar-refractivity contribution < 1.29 is 9.05 Å². The first kappa shape index (κ1) is 39.8. The molecule has 0 aliphatic rings. The number of aromatic nitrogens is 4. The van der Waals surface area contributed by atoms with Crippen molar-refractivity contribution in [2.75, 3.05) is 11.1 Å². The molecule has 0 amide bonds. The Bertz CT molecular complexity index is 2550. The van der Waals surface area contributed by atoms with Gasteiger partial charge in [-0.05, 0) is 75.2 Å². The lowest BCUT2D eigenvalue weighted by atomic mass is 10.1. The topological polar surface area (TPSA) is 134 Å². The number of hydrogen-bond acceptors (Lipinski definition) is 8. The Morgan fingerprint density at radius 2 is 1.02 bits per heavy atom. The third kappa shape index (κ3) is 10.2. The third-order valence-electron chi connectivity index (χ3n) is 9.02. The van der Waals surface area contributed by atoms with Crippen LogP contribution in [-0.4, -0.2) is 19.4 Å². The summed E-state index contributed by atoms with van der Waals surface area (Å²) in [5, 5.41) is 11.5. The lowest BCUT2D eigenvalue weighted by molar-refractivity contribution is 0.393. The lowest BCUT2D eigenvalue weighted by Crippen LogP contribution is -2.23. The number of nitrogen functional groups attached to an aromatic ring is 1. The van der Waals surface area contributed by atoms with Gasteiger partial charge in [0.1, 0.15) is 22.2 Å². The van der Waals surface area contributed by atoms with Crippen molar-refractivity contribution in [3.05, 3.63) is 206 Å². The zero-order valence-corrected chi connectivity index (χ0v) is 32.9. The average molecular weight is 779 g/mol. The second kappa shape index (κ2) is 18.6. The summed E-state index contributed by atoms with van der Waals surface area (Å²) >= 11 is 6.12. The molecule has 0 unspecified atom stereocenters. The smallest absolute Gasteiger partial charge is 0.274 e. The quantitative estimate of drug-likeness (QED) is 0.146. The Hall–Kier alpha value is -6.91. The first-order valence-electron chi connectivity index (χ1n) is 18.3. The predicted molar refractivity (Wildman–Crippen MR) is 228 cm³/mol. The SMILES string of the molecule is Cc1noc(C)c1-c1cc(Cl)c(=O)n(Cc2ccccc2)c1.Cc1noc(C)c1-c1cc(Nc2ccccc2)c(=O)n(Cc2ccccc2)c1.Nc1ccccc1. The number of rotatable bonds is 8. The van der Waals surface area contributed by atoms with Crippen LogP contribution in [0.15, 0.2) is 164 Å². The number of nitrogens with zero attached hydrogens (tertiary/aromatic N) is 4. The van der Waals surface area contributed by atoms with Gasteiger partial charge in [-0.25, -0.2) is 0 Å². The zero-order chi connectivity index (χ0) is 40.3.